The van der Waals surface area contributed by atoms with Gasteiger partial charge in [-0.2, -0.15) is 0 Å². The van der Waals surface area contributed by atoms with Crippen LogP contribution in [0.2, 0.25) is 0 Å². The minimum atomic E-state index is -0.413. The number of fused-ring (bicyclic) bond motifs is 1. The third kappa shape index (κ3) is 2.09. The summed E-state index contributed by atoms with van der Waals surface area (Å²) in [5.74, 6) is 0.686. The number of carbonyl (C=O) groups excluding carboxylic acids is 1. The molecule has 2 N–H and O–H groups in total. The topological polar surface area (TPSA) is 55.6 Å². The number of hydrogen-bond acceptors (Lipinski definition) is 3. The van der Waals surface area contributed by atoms with Crippen LogP contribution in [0, 0.1) is 5.92 Å². The summed E-state index contributed by atoms with van der Waals surface area (Å²) in [4.78, 5) is 13.8. The van der Waals surface area contributed by atoms with Crippen LogP contribution in [0.25, 0.3) is 0 Å². The van der Waals surface area contributed by atoms with Crippen molar-refractivity contribution in [2.75, 3.05) is 6.54 Å². The number of ether oxygens (including phenoxy) is 1. The Morgan fingerprint density at radius 1 is 1.47 bits per heavy atom. The van der Waals surface area contributed by atoms with E-state index in [2.05, 4.69) is 0 Å². The van der Waals surface area contributed by atoms with E-state index in [0.29, 0.717) is 18.5 Å². The number of piperidine rings is 1. The second-order valence-corrected chi connectivity index (χ2v) is 5.58. The Morgan fingerprint density at radius 2 is 2.13 bits per heavy atom. The third-order valence-corrected chi connectivity index (χ3v) is 3.09. The summed E-state index contributed by atoms with van der Waals surface area (Å²) in [6.07, 6.45) is 2.00. The standard InChI is InChI=1S/C11H20N2O2/c1-11(2,3)15-10(14)13-8(6-12)4-7-5-9(7)13/h7-9H,4-6,12H2,1-3H3/t7?,8-,9-/m0/s1. The molecule has 0 aromatic heterocycles. The van der Waals surface area contributed by atoms with Gasteiger partial charge in [-0.15, -0.1) is 0 Å². The third-order valence-electron chi connectivity index (χ3n) is 3.09. The van der Waals surface area contributed by atoms with Crippen molar-refractivity contribution in [2.45, 2.75) is 51.3 Å². The van der Waals surface area contributed by atoms with Gasteiger partial charge in [0, 0.05) is 18.6 Å². The molecule has 3 atom stereocenters. The first-order valence-corrected chi connectivity index (χ1v) is 5.64. The maximum atomic E-state index is 11.9. The zero-order valence-corrected chi connectivity index (χ0v) is 9.69. The zero-order chi connectivity index (χ0) is 11.2. The van der Waals surface area contributed by atoms with Crippen molar-refractivity contribution in [3.63, 3.8) is 0 Å². The number of hydrogen-bond donors (Lipinski definition) is 1. The van der Waals surface area contributed by atoms with Gasteiger partial charge in [0.25, 0.3) is 0 Å². The fourth-order valence-corrected chi connectivity index (χ4v) is 2.37. The van der Waals surface area contributed by atoms with Gasteiger partial charge in [-0.3, -0.25) is 0 Å². The molecule has 0 aromatic carbocycles. The molecule has 0 radical (unpaired) electrons. The molecule has 2 fully saturated rings. The molecule has 1 saturated carbocycles. The highest BCUT2D eigenvalue weighted by molar-refractivity contribution is 5.70. The highest BCUT2D eigenvalue weighted by atomic mass is 16.6. The Bertz CT molecular complexity index is 272. The van der Waals surface area contributed by atoms with Crippen molar-refractivity contribution in [1.29, 1.82) is 0 Å². The van der Waals surface area contributed by atoms with E-state index >= 15 is 0 Å². The van der Waals surface area contributed by atoms with Crippen LogP contribution in [0.4, 0.5) is 4.79 Å². The summed E-state index contributed by atoms with van der Waals surface area (Å²) in [6.45, 7) is 6.22. The van der Waals surface area contributed by atoms with Crippen LogP contribution in [0.15, 0.2) is 0 Å². The number of rotatable bonds is 1. The fraction of sp³-hybridized carbons (Fsp3) is 0.909. The monoisotopic (exact) mass is 212 g/mol. The van der Waals surface area contributed by atoms with E-state index in [4.69, 9.17) is 10.5 Å². The smallest absolute Gasteiger partial charge is 0.410 e. The highest BCUT2D eigenvalue weighted by Crippen LogP contribution is 2.47. The van der Waals surface area contributed by atoms with Crippen LogP contribution >= 0.6 is 0 Å². The summed E-state index contributed by atoms with van der Waals surface area (Å²) < 4.78 is 5.38. The van der Waals surface area contributed by atoms with Crippen LogP contribution in [0.3, 0.4) is 0 Å². The molecule has 0 aromatic rings. The lowest BCUT2D eigenvalue weighted by Crippen LogP contribution is -2.45. The van der Waals surface area contributed by atoms with Crippen molar-refractivity contribution < 1.29 is 9.53 Å². The van der Waals surface area contributed by atoms with Gasteiger partial charge in [0.2, 0.25) is 0 Å². The van der Waals surface area contributed by atoms with Crippen molar-refractivity contribution in [3.05, 3.63) is 0 Å². The summed E-state index contributed by atoms with van der Waals surface area (Å²) in [5.41, 5.74) is 5.25. The van der Waals surface area contributed by atoms with Crippen molar-refractivity contribution in [1.82, 2.24) is 4.90 Å². The molecule has 15 heavy (non-hydrogen) atoms. The van der Waals surface area contributed by atoms with Crippen LogP contribution in [-0.2, 0) is 4.74 Å². The number of amides is 1. The lowest BCUT2D eigenvalue weighted by Gasteiger charge is -2.29. The molecular weight excluding hydrogens is 192 g/mol. The largest absolute Gasteiger partial charge is 0.444 e. The van der Waals surface area contributed by atoms with E-state index in [1.165, 1.54) is 0 Å². The van der Waals surface area contributed by atoms with Crippen LogP contribution < -0.4 is 5.73 Å². The molecule has 0 spiro atoms. The van der Waals surface area contributed by atoms with Crippen molar-refractivity contribution in [2.24, 2.45) is 11.7 Å². The van der Waals surface area contributed by atoms with Gasteiger partial charge in [-0.1, -0.05) is 0 Å². The molecule has 2 rings (SSSR count). The zero-order valence-electron chi connectivity index (χ0n) is 9.69. The van der Waals surface area contributed by atoms with Gasteiger partial charge < -0.3 is 15.4 Å². The van der Waals surface area contributed by atoms with Crippen LogP contribution in [0.1, 0.15) is 33.6 Å². The number of nitrogens with zero attached hydrogens (tertiary/aromatic N) is 1. The van der Waals surface area contributed by atoms with E-state index in [9.17, 15) is 4.79 Å². The molecule has 4 nitrogen and oxygen atoms in total. The lowest BCUT2D eigenvalue weighted by molar-refractivity contribution is 0.0191. The van der Waals surface area contributed by atoms with Crippen molar-refractivity contribution in [3.8, 4) is 0 Å². The summed E-state index contributed by atoms with van der Waals surface area (Å²) in [7, 11) is 0. The molecule has 2 aliphatic rings. The predicted molar refractivity (Wildman–Crippen MR) is 57.4 cm³/mol. The molecule has 1 heterocycles. The van der Waals surface area contributed by atoms with E-state index in [1.807, 2.05) is 25.7 Å². The molecule has 0 bridgehead atoms. The molecule has 86 valence electrons. The Kier molecular flexibility index (Phi) is 2.41. The summed E-state index contributed by atoms with van der Waals surface area (Å²) in [5, 5.41) is 0. The second-order valence-electron chi connectivity index (χ2n) is 5.58. The molecule has 1 unspecified atom stereocenters. The van der Waals surface area contributed by atoms with Gasteiger partial charge >= 0.3 is 6.09 Å². The quantitative estimate of drug-likeness (QED) is 0.713. The minimum absolute atomic E-state index is 0.192. The Hall–Kier alpha value is -0.770. The average Bonchev–Trinajstić information content (AvgIpc) is 2.73. The van der Waals surface area contributed by atoms with Crippen molar-refractivity contribution >= 4 is 6.09 Å². The first kappa shape index (κ1) is 10.7. The SMILES string of the molecule is CC(C)(C)OC(=O)N1[C@H](CN)CC2C[C@@H]21. The van der Waals surface area contributed by atoms with Gasteiger partial charge in [0.05, 0.1) is 0 Å². The normalized spacial score (nSPS) is 33.9. The highest BCUT2D eigenvalue weighted by Gasteiger charge is 2.54. The maximum absolute atomic E-state index is 11.9. The first-order chi connectivity index (χ1) is 6.92. The van der Waals surface area contributed by atoms with Gasteiger partial charge in [0.15, 0.2) is 0 Å². The van der Waals surface area contributed by atoms with Crippen LogP contribution in [0.5, 0.6) is 0 Å². The Labute approximate surface area is 90.8 Å². The predicted octanol–water partition coefficient (Wildman–Crippen LogP) is 1.34. The van der Waals surface area contributed by atoms with E-state index in [1.54, 1.807) is 0 Å². The first-order valence-electron chi connectivity index (χ1n) is 5.64. The second kappa shape index (κ2) is 3.37. The minimum Gasteiger partial charge on any atom is -0.444 e. The number of nitrogens with two attached hydrogens (primary N) is 1. The molecule has 1 saturated heterocycles. The van der Waals surface area contributed by atoms with Crippen LogP contribution in [-0.4, -0.2) is 35.2 Å². The molecule has 1 amide bonds. The molecule has 1 aliphatic carbocycles. The van der Waals surface area contributed by atoms with Gasteiger partial charge in [-0.05, 0) is 39.5 Å². The number of likely N-dealkylation sites (tertiary alicyclic amines) is 1. The Balaban J connectivity index is 1.99. The average molecular weight is 212 g/mol. The lowest BCUT2D eigenvalue weighted by atomic mass is 10.2. The van der Waals surface area contributed by atoms with Gasteiger partial charge in [-0.25, -0.2) is 4.79 Å². The summed E-state index contributed by atoms with van der Waals surface area (Å²) in [6, 6.07) is 0.608. The molecule has 1 aliphatic heterocycles. The summed E-state index contributed by atoms with van der Waals surface area (Å²) >= 11 is 0. The van der Waals surface area contributed by atoms with E-state index in [-0.39, 0.29) is 12.1 Å². The molecular formula is C11H20N2O2. The molecule has 4 heteroatoms. The fourth-order valence-electron chi connectivity index (χ4n) is 2.37. The van der Waals surface area contributed by atoms with E-state index < -0.39 is 5.60 Å². The Morgan fingerprint density at radius 3 is 2.67 bits per heavy atom. The van der Waals surface area contributed by atoms with E-state index in [0.717, 1.165) is 12.8 Å². The number of carbonyl (C=O) groups is 1. The maximum Gasteiger partial charge on any atom is 0.410 e. The van der Waals surface area contributed by atoms with Gasteiger partial charge in [0.1, 0.15) is 5.60 Å².